The van der Waals surface area contributed by atoms with Crippen LogP contribution in [0.5, 0.6) is 5.75 Å². The number of rotatable bonds is 7. The second-order valence-corrected chi connectivity index (χ2v) is 12.6. The van der Waals surface area contributed by atoms with Gasteiger partial charge in [0, 0.05) is 37.4 Å². The van der Waals surface area contributed by atoms with E-state index >= 15 is 0 Å². The summed E-state index contributed by atoms with van der Waals surface area (Å²) in [7, 11) is 0. The Kier molecular flexibility index (Phi) is 6.96. The number of hydrogen-bond acceptors (Lipinski definition) is 7. The van der Waals surface area contributed by atoms with Crippen LogP contribution >= 0.6 is 11.6 Å². The highest BCUT2D eigenvalue weighted by Gasteiger charge is 2.55. The summed E-state index contributed by atoms with van der Waals surface area (Å²) in [5, 5.41) is 14.7. The number of nitrogens with zero attached hydrogens (tertiary/aromatic N) is 3. The maximum absolute atomic E-state index is 13.3. The number of carbonyl (C=O) groups is 2. The van der Waals surface area contributed by atoms with E-state index in [-0.39, 0.29) is 30.4 Å². The summed E-state index contributed by atoms with van der Waals surface area (Å²) < 4.78 is 5.49. The number of benzene rings is 1. The van der Waals surface area contributed by atoms with Crippen LogP contribution in [0.15, 0.2) is 36.4 Å². The van der Waals surface area contributed by atoms with Crippen LogP contribution in [0.3, 0.4) is 0 Å². The number of Topliss-reactive ketones (excluding diaryl/α,β-unsaturated/α-hetero) is 1. The van der Waals surface area contributed by atoms with Crippen molar-refractivity contribution in [2.24, 2.45) is 17.8 Å². The molecule has 1 aromatic heterocycles. The van der Waals surface area contributed by atoms with Crippen LogP contribution in [-0.4, -0.2) is 65.7 Å². The number of carbonyl (C=O) groups excluding carboxylic acids is 2. The van der Waals surface area contributed by atoms with Crippen LogP contribution in [0, 0.1) is 17.8 Å². The molecule has 4 aliphatic carbocycles. The van der Waals surface area contributed by atoms with E-state index in [1.54, 1.807) is 6.07 Å². The first-order chi connectivity index (χ1) is 18.7. The lowest BCUT2D eigenvalue weighted by atomic mass is 9.52. The molecule has 1 aliphatic heterocycles. The van der Waals surface area contributed by atoms with Gasteiger partial charge < -0.3 is 25.0 Å². The van der Waals surface area contributed by atoms with E-state index in [2.05, 4.69) is 22.0 Å². The maximum Gasteiger partial charge on any atom is 0.270 e. The summed E-state index contributed by atoms with van der Waals surface area (Å²) in [6.45, 7) is 5.96. The summed E-state index contributed by atoms with van der Waals surface area (Å²) in [6, 6.07) is 11.6. The second kappa shape index (κ2) is 10.3. The Labute approximate surface area is 234 Å². The number of aromatic nitrogens is 1. The smallest absolute Gasteiger partial charge is 0.270 e. The number of nitrogens with one attached hydrogen (secondary N) is 1. The van der Waals surface area contributed by atoms with E-state index < -0.39 is 5.60 Å². The number of hydrogen-bond donors (Lipinski definition) is 2. The zero-order valence-corrected chi connectivity index (χ0v) is 23.4. The van der Waals surface area contributed by atoms with E-state index in [9.17, 15) is 14.7 Å². The van der Waals surface area contributed by atoms with E-state index in [0.29, 0.717) is 34.2 Å². The molecule has 2 aromatic rings. The number of pyridine rings is 1. The SMILES string of the molecule is CC(=O)COc1ccc(N2CCN(c3cccc(C(=O)NC4C5CC6CC4CC(O)(C6)C5)n3)[C@H](C)C2)cc1Cl. The van der Waals surface area contributed by atoms with Crippen molar-refractivity contribution in [3.8, 4) is 5.75 Å². The van der Waals surface area contributed by atoms with Crippen molar-refractivity contribution in [1.29, 1.82) is 0 Å². The van der Waals surface area contributed by atoms with Crippen molar-refractivity contribution >= 4 is 34.8 Å². The molecule has 2 heterocycles. The number of amides is 1. The molecule has 1 saturated heterocycles. The predicted octanol–water partition coefficient (Wildman–Crippen LogP) is 4.09. The van der Waals surface area contributed by atoms with Gasteiger partial charge in [0.15, 0.2) is 5.78 Å². The summed E-state index contributed by atoms with van der Waals surface area (Å²) in [5.41, 5.74) is 0.941. The third-order valence-corrected chi connectivity index (χ3v) is 9.43. The summed E-state index contributed by atoms with van der Waals surface area (Å²) in [6.07, 6.45) is 4.76. The highest BCUT2D eigenvalue weighted by atomic mass is 35.5. The molecule has 3 atom stereocenters. The largest absolute Gasteiger partial charge is 0.484 e. The predicted molar refractivity (Wildman–Crippen MR) is 151 cm³/mol. The monoisotopic (exact) mass is 552 g/mol. The molecular weight excluding hydrogens is 516 g/mol. The average molecular weight is 553 g/mol. The highest BCUT2D eigenvalue weighted by molar-refractivity contribution is 6.32. The molecule has 1 aromatic carbocycles. The van der Waals surface area contributed by atoms with E-state index in [1.165, 1.54) is 6.92 Å². The van der Waals surface area contributed by atoms with Crippen LogP contribution in [-0.2, 0) is 4.79 Å². The van der Waals surface area contributed by atoms with Crippen molar-refractivity contribution < 1.29 is 19.4 Å². The topological polar surface area (TPSA) is 95.0 Å². The van der Waals surface area contributed by atoms with Crippen molar-refractivity contribution in [2.45, 2.75) is 63.6 Å². The van der Waals surface area contributed by atoms with Crippen LogP contribution in [0.4, 0.5) is 11.5 Å². The minimum Gasteiger partial charge on any atom is -0.484 e. The molecule has 4 saturated carbocycles. The van der Waals surface area contributed by atoms with Crippen molar-refractivity contribution in [3.05, 3.63) is 47.1 Å². The Balaban J connectivity index is 1.09. The van der Waals surface area contributed by atoms with Gasteiger partial charge in [-0.1, -0.05) is 17.7 Å². The van der Waals surface area contributed by atoms with Gasteiger partial charge in [0.2, 0.25) is 0 Å². The Morgan fingerprint density at radius 2 is 1.92 bits per heavy atom. The second-order valence-electron chi connectivity index (χ2n) is 12.2. The number of aliphatic hydroxyl groups is 1. The van der Waals surface area contributed by atoms with Gasteiger partial charge in [-0.2, -0.15) is 0 Å². The van der Waals surface area contributed by atoms with Gasteiger partial charge in [0.25, 0.3) is 5.91 Å². The molecule has 9 heteroatoms. The fourth-order valence-corrected chi connectivity index (χ4v) is 7.90. The van der Waals surface area contributed by atoms with Crippen molar-refractivity contribution in [3.63, 3.8) is 0 Å². The van der Waals surface area contributed by atoms with Gasteiger partial charge in [-0.3, -0.25) is 9.59 Å². The standard InChI is InChI=1S/C30H37ClN4O4/c1-18-16-34(23-6-7-26(24(31)12-23)39-17-19(2)36)8-9-35(18)27-5-3-4-25(32-27)29(37)33-28-21-10-20-11-22(28)15-30(38,13-20)14-21/h3-7,12,18,20-22,28,38H,8-11,13-17H2,1-2H3,(H,33,37)/t18-,20?,21?,22?,28?,30?/m1/s1. The quantitative estimate of drug-likeness (QED) is 0.534. The van der Waals surface area contributed by atoms with E-state index in [0.717, 1.165) is 63.2 Å². The zero-order chi connectivity index (χ0) is 27.3. The molecule has 1 amide bonds. The van der Waals surface area contributed by atoms with Gasteiger partial charge in [0.05, 0.1) is 10.6 Å². The van der Waals surface area contributed by atoms with Crippen LogP contribution in [0.1, 0.15) is 56.4 Å². The lowest BCUT2D eigenvalue weighted by Crippen LogP contribution is -2.61. The Bertz CT molecular complexity index is 1260. The van der Waals surface area contributed by atoms with Crippen LogP contribution in [0.2, 0.25) is 5.02 Å². The molecule has 5 fully saturated rings. The summed E-state index contributed by atoms with van der Waals surface area (Å²) >= 11 is 6.42. The molecular formula is C30H37ClN4O4. The third-order valence-electron chi connectivity index (χ3n) is 9.14. The highest BCUT2D eigenvalue weighted by Crippen LogP contribution is 2.55. The maximum atomic E-state index is 13.3. The average Bonchev–Trinajstić information content (AvgIpc) is 2.89. The molecule has 208 valence electrons. The fourth-order valence-electron chi connectivity index (χ4n) is 7.67. The number of ether oxygens (including phenoxy) is 1. The van der Waals surface area contributed by atoms with Gasteiger partial charge in [0.1, 0.15) is 23.9 Å². The first kappa shape index (κ1) is 26.4. The molecule has 5 aliphatic rings. The number of ketones is 1. The first-order valence-corrected chi connectivity index (χ1v) is 14.5. The minimum absolute atomic E-state index is 0.00447. The third kappa shape index (κ3) is 5.33. The molecule has 4 bridgehead atoms. The van der Waals surface area contributed by atoms with Gasteiger partial charge in [-0.25, -0.2) is 4.98 Å². The van der Waals surface area contributed by atoms with E-state index in [1.807, 2.05) is 30.3 Å². The van der Waals surface area contributed by atoms with E-state index in [4.69, 9.17) is 21.3 Å². The molecule has 0 radical (unpaired) electrons. The summed E-state index contributed by atoms with van der Waals surface area (Å²) in [5.74, 6) is 2.48. The number of anilines is 2. The van der Waals surface area contributed by atoms with Gasteiger partial charge >= 0.3 is 0 Å². The number of halogens is 1. The lowest BCUT2D eigenvalue weighted by Gasteiger charge is -2.58. The van der Waals surface area contributed by atoms with Crippen LogP contribution < -0.4 is 19.9 Å². The molecule has 2 unspecified atom stereocenters. The Hall–Kier alpha value is -2.84. The molecule has 8 nitrogen and oxygen atoms in total. The lowest BCUT2D eigenvalue weighted by molar-refractivity contribution is -0.137. The fraction of sp³-hybridized carbons (Fsp3) is 0.567. The summed E-state index contributed by atoms with van der Waals surface area (Å²) in [4.78, 5) is 33.8. The van der Waals surface area contributed by atoms with Crippen molar-refractivity contribution in [2.75, 3.05) is 36.0 Å². The Morgan fingerprint density at radius 1 is 1.15 bits per heavy atom. The van der Waals surface area contributed by atoms with Crippen molar-refractivity contribution in [1.82, 2.24) is 10.3 Å². The molecule has 7 rings (SSSR count). The first-order valence-electron chi connectivity index (χ1n) is 14.1. The molecule has 39 heavy (non-hydrogen) atoms. The normalized spacial score (nSPS) is 31.3. The van der Waals surface area contributed by atoms with Gasteiger partial charge in [-0.05, 0) is 94.0 Å². The minimum atomic E-state index is -0.509. The Morgan fingerprint density at radius 3 is 2.59 bits per heavy atom. The van der Waals surface area contributed by atoms with Gasteiger partial charge in [-0.15, -0.1) is 0 Å². The van der Waals surface area contributed by atoms with Crippen LogP contribution in [0.25, 0.3) is 0 Å². The molecule has 2 N–H and O–H groups in total. The zero-order valence-electron chi connectivity index (χ0n) is 22.6. The molecule has 0 spiro atoms. The number of piperazine rings is 1.